The van der Waals surface area contributed by atoms with Crippen LogP contribution in [0.4, 0.5) is 0 Å². The summed E-state index contributed by atoms with van der Waals surface area (Å²) in [6.07, 6.45) is 1.48. The summed E-state index contributed by atoms with van der Waals surface area (Å²) in [5, 5.41) is 16.5. The van der Waals surface area contributed by atoms with Crippen LogP contribution >= 0.6 is 22.9 Å². The van der Waals surface area contributed by atoms with Crippen LogP contribution in [0, 0.1) is 12.3 Å². The van der Waals surface area contributed by atoms with Gasteiger partial charge in [-0.15, -0.1) is 22.9 Å². The van der Waals surface area contributed by atoms with E-state index in [2.05, 4.69) is 52.0 Å². The predicted octanol–water partition coefficient (Wildman–Crippen LogP) is 9.92. The molecule has 0 aliphatic carbocycles. The molecule has 6 aromatic rings. The van der Waals surface area contributed by atoms with E-state index in [0.717, 1.165) is 67.3 Å². The summed E-state index contributed by atoms with van der Waals surface area (Å²) in [5.41, 5.74) is 11.7. The fourth-order valence-electron chi connectivity index (χ4n) is 9.00. The van der Waals surface area contributed by atoms with Gasteiger partial charge in [0.15, 0.2) is 0 Å². The lowest BCUT2D eigenvalue weighted by Crippen LogP contribution is -2.57. The average molecular weight is 1010 g/mol. The molecule has 3 N–H and O–H groups in total. The third kappa shape index (κ3) is 14.3. The van der Waals surface area contributed by atoms with Crippen LogP contribution in [0.1, 0.15) is 85.5 Å². The monoisotopic (exact) mass is 1010 g/mol. The second-order valence-corrected chi connectivity index (χ2v) is 20.7. The van der Waals surface area contributed by atoms with Crippen molar-refractivity contribution in [3.8, 4) is 16.2 Å². The van der Waals surface area contributed by atoms with Crippen molar-refractivity contribution in [2.75, 3.05) is 32.6 Å². The van der Waals surface area contributed by atoms with E-state index in [1.54, 1.807) is 23.3 Å². The number of hydrogen-bond acceptors (Lipinski definition) is 8. The molecule has 72 heavy (non-hydrogen) atoms. The Morgan fingerprint density at radius 1 is 0.806 bits per heavy atom. The lowest BCUT2D eigenvalue weighted by atomic mass is 9.85. The van der Waals surface area contributed by atoms with Gasteiger partial charge in [0.2, 0.25) is 23.6 Å². The number of amides is 4. The molecule has 0 unspecified atom stereocenters. The summed E-state index contributed by atoms with van der Waals surface area (Å²) in [6, 6.07) is 42.8. The van der Waals surface area contributed by atoms with Crippen molar-refractivity contribution in [3.63, 3.8) is 0 Å². The molecule has 1 fully saturated rings. The van der Waals surface area contributed by atoms with Gasteiger partial charge in [0.1, 0.15) is 24.4 Å². The van der Waals surface area contributed by atoms with E-state index in [4.69, 9.17) is 16.3 Å². The predicted molar refractivity (Wildman–Crippen MR) is 288 cm³/mol. The molecular weight excluding hydrogens is 942 g/mol. The molecular formula is C59H66ClN5O6S. The molecule has 376 valence electrons. The smallest absolute Gasteiger partial charge is 0.246 e. The Morgan fingerprint density at radius 2 is 1.40 bits per heavy atom. The molecule has 0 saturated carbocycles. The van der Waals surface area contributed by atoms with Crippen molar-refractivity contribution in [3.05, 3.63) is 178 Å². The molecule has 1 saturated heterocycles. The lowest BCUT2D eigenvalue weighted by molar-refractivity contribution is -0.144. The van der Waals surface area contributed by atoms with Gasteiger partial charge in [-0.1, -0.05) is 142 Å². The molecule has 1 aromatic heterocycles. The van der Waals surface area contributed by atoms with Crippen LogP contribution < -0.4 is 15.4 Å². The van der Waals surface area contributed by atoms with E-state index >= 15 is 0 Å². The maximum absolute atomic E-state index is 14.1. The van der Waals surface area contributed by atoms with Crippen LogP contribution in [0.5, 0.6) is 5.75 Å². The summed E-state index contributed by atoms with van der Waals surface area (Å²) in [7, 11) is 1.79. The number of benzene rings is 5. The maximum Gasteiger partial charge on any atom is 0.246 e. The van der Waals surface area contributed by atoms with Crippen molar-refractivity contribution < 1.29 is 29.0 Å². The molecule has 1 aliphatic heterocycles. The number of aromatic nitrogens is 1. The van der Waals surface area contributed by atoms with Crippen molar-refractivity contribution in [1.29, 1.82) is 0 Å². The molecule has 0 radical (unpaired) electrons. The molecule has 2 heterocycles. The highest BCUT2D eigenvalue weighted by molar-refractivity contribution is 7.13. The van der Waals surface area contributed by atoms with E-state index in [0.29, 0.717) is 38.3 Å². The molecule has 7 rings (SSSR count). The fourth-order valence-corrected chi connectivity index (χ4v) is 10.00. The van der Waals surface area contributed by atoms with Gasteiger partial charge in [-0.3, -0.25) is 19.2 Å². The molecule has 1 aliphatic rings. The number of alkyl halides is 1. The Kier molecular flexibility index (Phi) is 18.6. The number of halogens is 1. The Bertz CT molecular complexity index is 2780. The van der Waals surface area contributed by atoms with Gasteiger partial charge >= 0.3 is 0 Å². The second kappa shape index (κ2) is 25.2. The highest BCUT2D eigenvalue weighted by Gasteiger charge is 2.44. The minimum atomic E-state index is -0.915. The summed E-state index contributed by atoms with van der Waals surface area (Å²) >= 11 is 7.91. The van der Waals surface area contributed by atoms with Gasteiger partial charge < -0.3 is 30.3 Å². The van der Waals surface area contributed by atoms with Gasteiger partial charge in [-0.2, -0.15) is 0 Å². The van der Waals surface area contributed by atoms with Crippen molar-refractivity contribution >= 4 is 57.7 Å². The first kappa shape index (κ1) is 53.2. The largest absolute Gasteiger partial charge is 0.492 e. The van der Waals surface area contributed by atoms with E-state index < -0.39 is 29.5 Å². The first-order valence-corrected chi connectivity index (χ1v) is 26.1. The number of thiazole rings is 1. The number of ether oxygens (including phenoxy) is 1. The normalized spacial score (nSPS) is 15.3. The number of carbonyl (C=O) groups excluding carboxylic acids is 4. The molecule has 0 spiro atoms. The van der Waals surface area contributed by atoms with Gasteiger partial charge in [0.05, 0.1) is 28.7 Å². The number of nitrogens with zero attached hydrogens (tertiary/aromatic N) is 3. The zero-order chi connectivity index (χ0) is 51.2. The number of aliphatic hydroxyl groups excluding tert-OH is 1. The zero-order valence-electron chi connectivity index (χ0n) is 41.9. The Hall–Kier alpha value is -6.60. The topological polar surface area (TPSA) is 141 Å². The number of allylic oxidation sites excluding steroid dienone is 1. The number of aliphatic hydroxyl groups is 1. The standard InChI is InChI=1S/C59H66ClN5O6S/c1-40-55(72-39-62-40)47-24-20-43(21-25-47)37-61-57(69)51-36-48(66)38-65(51)58(70)56(59(2,3)4)63-52(67)30-22-41-16-18-42(19-17-41)23-31-53(68)64(5)34-35-71-49-28-26-46(27-29-49)54(45-14-10-7-11-15-45)50(32-33-60)44-12-8-6-9-13-44/h6-21,24-29,39,48,51,56,66H,22-23,30-38H2,1-5H3,(H,61,69)(H,63,67)/b54-50-/t48-,51+,56-/m1/s1. The minimum Gasteiger partial charge on any atom is -0.492 e. The van der Waals surface area contributed by atoms with E-state index in [9.17, 15) is 24.3 Å². The summed E-state index contributed by atoms with van der Waals surface area (Å²) < 4.78 is 6.10. The lowest BCUT2D eigenvalue weighted by Gasteiger charge is -2.35. The van der Waals surface area contributed by atoms with Crippen LogP contribution in [-0.4, -0.2) is 94.3 Å². The van der Waals surface area contributed by atoms with Crippen LogP contribution in [0.15, 0.2) is 139 Å². The highest BCUT2D eigenvalue weighted by Crippen LogP contribution is 2.36. The minimum absolute atomic E-state index is 0.00257. The van der Waals surface area contributed by atoms with Crippen LogP contribution in [0.25, 0.3) is 21.6 Å². The first-order valence-electron chi connectivity index (χ1n) is 24.7. The second-order valence-electron chi connectivity index (χ2n) is 19.5. The number of hydrogen-bond donors (Lipinski definition) is 3. The van der Waals surface area contributed by atoms with Crippen molar-refractivity contribution in [1.82, 2.24) is 25.4 Å². The SMILES string of the molecule is Cc1ncsc1-c1ccc(CNC(=O)[C@@H]2C[C@@H](O)CN2C(=O)[C@@H](NC(=O)CCc2ccc(CCC(=O)N(C)CCOc3ccc(/C(=C(/CCCl)c4ccccc4)c4ccccc4)cc3)cc2)C(C)(C)C)cc1. The molecule has 5 aromatic carbocycles. The van der Waals surface area contributed by atoms with Gasteiger partial charge in [-0.25, -0.2) is 4.98 Å². The fraction of sp³-hybridized carbons (Fsp3) is 0.339. The number of β-amino-alcohol motifs (C(OH)–C–C–N with tert-alkyl or cyclic N) is 1. The third-order valence-corrected chi connectivity index (χ3v) is 14.3. The molecule has 3 atom stereocenters. The molecule has 4 amide bonds. The number of likely N-dealkylation sites (tertiary alicyclic amines) is 1. The number of likely N-dealkylation sites (N-methyl/N-ethyl adjacent to an activating group) is 1. The Balaban J connectivity index is 0.849. The molecule has 13 heteroatoms. The molecule has 11 nitrogen and oxygen atoms in total. The summed E-state index contributed by atoms with van der Waals surface area (Å²) in [4.78, 5) is 62.7. The zero-order valence-corrected chi connectivity index (χ0v) is 43.5. The molecule has 0 bridgehead atoms. The van der Waals surface area contributed by atoms with Crippen molar-refractivity contribution in [2.24, 2.45) is 5.41 Å². The summed E-state index contributed by atoms with van der Waals surface area (Å²) in [5.74, 6) is 0.198. The van der Waals surface area contributed by atoms with E-state index in [1.165, 1.54) is 10.5 Å². The first-order chi connectivity index (χ1) is 34.7. The van der Waals surface area contributed by atoms with Crippen LogP contribution in [0.3, 0.4) is 0 Å². The van der Waals surface area contributed by atoms with Crippen LogP contribution in [-0.2, 0) is 38.6 Å². The number of nitrogens with one attached hydrogen (secondary N) is 2. The van der Waals surface area contributed by atoms with Gasteiger partial charge in [0.25, 0.3) is 0 Å². The average Bonchev–Trinajstić information content (AvgIpc) is 4.01. The number of rotatable bonds is 21. The number of aryl methyl sites for hydroxylation is 3. The summed E-state index contributed by atoms with van der Waals surface area (Å²) in [6.45, 7) is 8.64. The number of carbonyl (C=O) groups is 4. The highest BCUT2D eigenvalue weighted by atomic mass is 35.5. The van der Waals surface area contributed by atoms with Crippen LogP contribution in [0.2, 0.25) is 0 Å². The van der Waals surface area contributed by atoms with E-state index in [-0.39, 0.29) is 43.7 Å². The quantitative estimate of drug-likeness (QED) is 0.0482. The maximum atomic E-state index is 14.1. The Labute approximate surface area is 433 Å². The van der Waals surface area contributed by atoms with Crippen molar-refractivity contribution in [2.45, 2.75) is 91.0 Å². The van der Waals surface area contributed by atoms with Gasteiger partial charge in [-0.05, 0) is 93.8 Å². The Morgan fingerprint density at radius 3 is 2.00 bits per heavy atom. The van der Waals surface area contributed by atoms with Gasteiger partial charge in [0, 0.05) is 45.3 Å². The van der Waals surface area contributed by atoms with E-state index in [1.807, 2.05) is 130 Å². The third-order valence-electron chi connectivity index (χ3n) is 13.1.